The lowest BCUT2D eigenvalue weighted by atomic mass is 10.0. The van der Waals surface area contributed by atoms with Crippen LogP contribution in [0.3, 0.4) is 0 Å². The van der Waals surface area contributed by atoms with Crippen LogP contribution in [0.2, 0.25) is 15.1 Å². The number of hydrogen-bond acceptors (Lipinski definition) is 0. The normalized spacial score (nSPS) is 12.5. The van der Waals surface area contributed by atoms with Crippen molar-refractivity contribution in [3.63, 3.8) is 0 Å². The first kappa shape index (κ1) is 15.1. The SMILES string of the molecule is Cc1cc(C(Br)c2cc(Cl)cc(Cl)c2)c(Cl)cc1F. The van der Waals surface area contributed by atoms with Crippen molar-refractivity contribution in [3.05, 3.63) is 67.9 Å². The summed E-state index contributed by atoms with van der Waals surface area (Å²) in [7, 11) is 0. The summed E-state index contributed by atoms with van der Waals surface area (Å²) < 4.78 is 13.4. The minimum absolute atomic E-state index is 0.199. The number of aryl methyl sites for hydroxylation is 1. The van der Waals surface area contributed by atoms with Gasteiger partial charge in [0.25, 0.3) is 0 Å². The van der Waals surface area contributed by atoms with Gasteiger partial charge in [-0.3, -0.25) is 0 Å². The molecule has 0 spiro atoms. The highest BCUT2D eigenvalue weighted by Gasteiger charge is 2.17. The van der Waals surface area contributed by atoms with E-state index in [1.807, 2.05) is 0 Å². The van der Waals surface area contributed by atoms with Gasteiger partial charge in [0.05, 0.1) is 4.83 Å². The molecule has 2 aromatic carbocycles. The van der Waals surface area contributed by atoms with E-state index >= 15 is 0 Å². The average molecular weight is 382 g/mol. The Kier molecular flexibility index (Phi) is 4.78. The van der Waals surface area contributed by atoms with Crippen LogP contribution in [-0.2, 0) is 0 Å². The minimum Gasteiger partial charge on any atom is -0.207 e. The molecular weight excluding hydrogens is 373 g/mol. The summed E-state index contributed by atoms with van der Waals surface area (Å²) >= 11 is 21.6. The summed E-state index contributed by atoms with van der Waals surface area (Å²) in [5, 5.41) is 1.45. The molecule has 0 heterocycles. The molecule has 0 N–H and O–H groups in total. The Morgan fingerprint density at radius 3 is 2.16 bits per heavy atom. The molecule has 0 amide bonds. The van der Waals surface area contributed by atoms with E-state index in [0.717, 1.165) is 11.1 Å². The van der Waals surface area contributed by atoms with Gasteiger partial charge in [0.15, 0.2) is 0 Å². The third-order valence-electron chi connectivity index (χ3n) is 2.73. The molecule has 1 unspecified atom stereocenters. The molecule has 0 aromatic heterocycles. The zero-order valence-corrected chi connectivity index (χ0v) is 13.7. The lowest BCUT2D eigenvalue weighted by Gasteiger charge is -2.14. The van der Waals surface area contributed by atoms with Crippen LogP contribution >= 0.6 is 50.7 Å². The number of benzene rings is 2. The molecule has 5 heteroatoms. The Balaban J connectivity index is 2.49. The highest BCUT2D eigenvalue weighted by Crippen LogP contribution is 2.38. The monoisotopic (exact) mass is 380 g/mol. The van der Waals surface area contributed by atoms with Crippen molar-refractivity contribution in [2.45, 2.75) is 11.8 Å². The zero-order chi connectivity index (χ0) is 14.2. The Hall–Kier alpha value is -0.280. The molecule has 0 fully saturated rings. The van der Waals surface area contributed by atoms with E-state index in [-0.39, 0.29) is 10.6 Å². The van der Waals surface area contributed by atoms with Crippen molar-refractivity contribution in [1.82, 2.24) is 0 Å². The van der Waals surface area contributed by atoms with Crippen molar-refractivity contribution in [2.75, 3.05) is 0 Å². The summed E-state index contributed by atoms with van der Waals surface area (Å²) in [4.78, 5) is -0.199. The van der Waals surface area contributed by atoms with Gasteiger partial charge in [-0.05, 0) is 47.9 Å². The fourth-order valence-electron chi connectivity index (χ4n) is 1.77. The second kappa shape index (κ2) is 6.01. The molecule has 0 aliphatic rings. The van der Waals surface area contributed by atoms with Crippen LogP contribution in [0.15, 0.2) is 30.3 Å². The second-order valence-corrected chi connectivity index (χ2v) is 6.38. The molecule has 0 radical (unpaired) electrons. The van der Waals surface area contributed by atoms with Crippen molar-refractivity contribution < 1.29 is 4.39 Å². The summed E-state index contributed by atoms with van der Waals surface area (Å²) in [5.41, 5.74) is 2.18. The maximum Gasteiger partial charge on any atom is 0.127 e. The Labute approximate surface area is 134 Å². The Morgan fingerprint density at radius 2 is 1.58 bits per heavy atom. The molecule has 2 rings (SSSR count). The molecule has 0 bridgehead atoms. The largest absolute Gasteiger partial charge is 0.207 e. The first-order chi connectivity index (χ1) is 8.88. The quantitative estimate of drug-likeness (QED) is 0.515. The second-order valence-electron chi connectivity index (χ2n) is 4.19. The van der Waals surface area contributed by atoms with E-state index in [4.69, 9.17) is 34.8 Å². The zero-order valence-electron chi connectivity index (χ0n) is 9.85. The summed E-state index contributed by atoms with van der Waals surface area (Å²) in [5.74, 6) is -0.322. The fourth-order valence-corrected chi connectivity index (χ4v) is 3.35. The van der Waals surface area contributed by atoms with Crippen LogP contribution in [0.25, 0.3) is 0 Å². The summed E-state index contributed by atoms with van der Waals surface area (Å²) in [6.45, 7) is 1.69. The van der Waals surface area contributed by atoms with E-state index in [1.54, 1.807) is 31.2 Å². The molecule has 0 saturated heterocycles. The predicted octanol–water partition coefficient (Wildman–Crippen LogP) is 6.58. The fraction of sp³-hybridized carbons (Fsp3) is 0.143. The lowest BCUT2D eigenvalue weighted by molar-refractivity contribution is 0.618. The molecular formula is C14H9BrCl3F. The van der Waals surface area contributed by atoms with Crippen molar-refractivity contribution in [1.29, 1.82) is 0 Å². The Bertz CT molecular complexity index is 608. The van der Waals surface area contributed by atoms with Gasteiger partial charge in [0.1, 0.15) is 5.82 Å². The smallest absolute Gasteiger partial charge is 0.127 e. The topological polar surface area (TPSA) is 0 Å². The van der Waals surface area contributed by atoms with Gasteiger partial charge in [0, 0.05) is 15.1 Å². The van der Waals surface area contributed by atoms with E-state index in [2.05, 4.69) is 15.9 Å². The van der Waals surface area contributed by atoms with Crippen molar-refractivity contribution in [2.24, 2.45) is 0 Å². The standard InChI is InChI=1S/C14H9BrCl3F/c1-7-2-11(12(18)6-13(7)19)14(15)8-3-9(16)5-10(17)4-8/h2-6,14H,1H3. The lowest BCUT2D eigenvalue weighted by Crippen LogP contribution is -1.97. The molecule has 0 nitrogen and oxygen atoms in total. The molecule has 2 aromatic rings. The number of rotatable bonds is 2. The van der Waals surface area contributed by atoms with Gasteiger partial charge in [-0.1, -0.05) is 56.8 Å². The van der Waals surface area contributed by atoms with E-state index in [1.165, 1.54) is 6.07 Å². The molecule has 0 saturated carbocycles. The third-order valence-corrected chi connectivity index (χ3v) is 4.51. The highest BCUT2D eigenvalue weighted by molar-refractivity contribution is 9.09. The van der Waals surface area contributed by atoms with Crippen molar-refractivity contribution >= 4 is 50.7 Å². The number of alkyl halides is 1. The predicted molar refractivity (Wildman–Crippen MR) is 83.4 cm³/mol. The van der Waals surface area contributed by atoms with Gasteiger partial charge in [-0.15, -0.1) is 0 Å². The summed E-state index contributed by atoms with van der Waals surface area (Å²) in [6.07, 6.45) is 0. The van der Waals surface area contributed by atoms with E-state index < -0.39 is 0 Å². The van der Waals surface area contributed by atoms with Crippen LogP contribution in [0.5, 0.6) is 0 Å². The average Bonchev–Trinajstić information content (AvgIpc) is 2.31. The Morgan fingerprint density at radius 1 is 1.00 bits per heavy atom. The van der Waals surface area contributed by atoms with E-state index in [0.29, 0.717) is 20.6 Å². The van der Waals surface area contributed by atoms with Crippen LogP contribution in [0.4, 0.5) is 4.39 Å². The van der Waals surface area contributed by atoms with Crippen LogP contribution < -0.4 is 0 Å². The third kappa shape index (κ3) is 3.43. The van der Waals surface area contributed by atoms with Gasteiger partial charge >= 0.3 is 0 Å². The minimum atomic E-state index is -0.322. The van der Waals surface area contributed by atoms with Gasteiger partial charge in [0.2, 0.25) is 0 Å². The van der Waals surface area contributed by atoms with Crippen LogP contribution in [-0.4, -0.2) is 0 Å². The van der Waals surface area contributed by atoms with Crippen LogP contribution in [0.1, 0.15) is 21.5 Å². The first-order valence-corrected chi connectivity index (χ1v) is 7.49. The van der Waals surface area contributed by atoms with Gasteiger partial charge in [-0.2, -0.15) is 0 Å². The maximum atomic E-state index is 13.4. The van der Waals surface area contributed by atoms with Gasteiger partial charge in [-0.25, -0.2) is 4.39 Å². The molecule has 0 aliphatic heterocycles. The molecule has 100 valence electrons. The van der Waals surface area contributed by atoms with Gasteiger partial charge < -0.3 is 0 Å². The molecule has 19 heavy (non-hydrogen) atoms. The summed E-state index contributed by atoms with van der Waals surface area (Å²) in [6, 6.07) is 8.27. The highest BCUT2D eigenvalue weighted by atomic mass is 79.9. The maximum absolute atomic E-state index is 13.4. The molecule has 1 atom stereocenters. The van der Waals surface area contributed by atoms with Crippen molar-refractivity contribution in [3.8, 4) is 0 Å². The number of halogens is 5. The first-order valence-electron chi connectivity index (χ1n) is 5.44. The van der Waals surface area contributed by atoms with E-state index in [9.17, 15) is 4.39 Å². The van der Waals surface area contributed by atoms with Crippen LogP contribution in [0, 0.1) is 12.7 Å². The number of hydrogen-bond donors (Lipinski definition) is 0. The molecule has 0 aliphatic carbocycles.